The molecule has 1 saturated carbocycles. The van der Waals surface area contributed by atoms with Crippen molar-refractivity contribution >= 4 is 28.9 Å². The summed E-state index contributed by atoms with van der Waals surface area (Å²) in [5, 5.41) is 15.2. The van der Waals surface area contributed by atoms with E-state index in [1.165, 1.54) is 19.3 Å². The summed E-state index contributed by atoms with van der Waals surface area (Å²) in [6.07, 6.45) is 8.54. The van der Waals surface area contributed by atoms with Gasteiger partial charge in [-0.3, -0.25) is 0 Å². The third-order valence-electron chi connectivity index (χ3n) is 7.83. The van der Waals surface area contributed by atoms with Gasteiger partial charge >= 0.3 is 6.09 Å². The molecule has 0 radical (unpaired) electrons. The average molecular weight is 562 g/mol. The lowest BCUT2D eigenvalue weighted by molar-refractivity contribution is -0.00237. The molecule has 1 aliphatic heterocycles. The summed E-state index contributed by atoms with van der Waals surface area (Å²) in [5.74, 6) is 1.88. The highest BCUT2D eigenvalue weighted by Crippen LogP contribution is 2.37. The van der Waals surface area contributed by atoms with Crippen LogP contribution in [0.4, 0.5) is 16.4 Å². The molecule has 4 atom stereocenters. The monoisotopic (exact) mass is 561 g/mol. The molecule has 39 heavy (non-hydrogen) atoms. The van der Waals surface area contributed by atoms with Crippen LogP contribution in [0.1, 0.15) is 69.5 Å². The van der Waals surface area contributed by atoms with Crippen LogP contribution in [-0.2, 0) is 9.47 Å². The van der Waals surface area contributed by atoms with Crippen molar-refractivity contribution in [2.75, 3.05) is 50.2 Å². The van der Waals surface area contributed by atoms with E-state index in [4.69, 9.17) is 9.47 Å². The van der Waals surface area contributed by atoms with Gasteiger partial charge in [0.1, 0.15) is 0 Å². The lowest BCUT2D eigenvalue weighted by atomic mass is 9.85. The van der Waals surface area contributed by atoms with Gasteiger partial charge in [0.15, 0.2) is 11.1 Å². The molecule has 1 aromatic heterocycles. The predicted molar refractivity (Wildman–Crippen MR) is 152 cm³/mol. The van der Waals surface area contributed by atoms with Crippen molar-refractivity contribution in [3.8, 4) is 0 Å². The number of piperidine rings is 1. The maximum Gasteiger partial charge on any atom is 0.404 e. The largest absolute Gasteiger partial charge is 0.546 e. The normalized spacial score (nSPS) is 20.4. The number of nitrogens with one attached hydrogen (secondary N) is 2. The molecule has 2 fully saturated rings. The van der Waals surface area contributed by atoms with E-state index in [0.717, 1.165) is 50.6 Å². The third-order valence-corrected chi connectivity index (χ3v) is 8.50. The van der Waals surface area contributed by atoms with Crippen molar-refractivity contribution in [2.24, 2.45) is 11.8 Å². The Bertz CT molecular complexity index is 1000. The molecule has 3 unspecified atom stereocenters. The second-order valence-corrected chi connectivity index (χ2v) is 11.6. The summed E-state index contributed by atoms with van der Waals surface area (Å²) in [5.41, 5.74) is 1.15. The minimum Gasteiger partial charge on any atom is -0.546 e. The molecular weight excluding hydrogens is 518 g/mol. The fraction of sp³-hybridized carbons (Fsp3) is 0.679. The van der Waals surface area contributed by atoms with Crippen LogP contribution in [0.2, 0.25) is 0 Å². The first-order valence-electron chi connectivity index (χ1n) is 14.3. The van der Waals surface area contributed by atoms with Crippen LogP contribution in [0.15, 0.2) is 30.3 Å². The van der Waals surface area contributed by atoms with E-state index in [9.17, 15) is 14.5 Å². The van der Waals surface area contributed by atoms with Crippen LogP contribution in [0, 0.1) is 11.8 Å². The van der Waals surface area contributed by atoms with E-state index in [1.54, 1.807) is 7.11 Å². The molecule has 3 N–H and O–H groups in total. The Kier molecular flexibility index (Phi) is 11.6. The van der Waals surface area contributed by atoms with Gasteiger partial charge in [0.2, 0.25) is 11.6 Å². The van der Waals surface area contributed by atoms with Gasteiger partial charge in [-0.1, -0.05) is 62.4 Å². The summed E-state index contributed by atoms with van der Waals surface area (Å²) in [6.45, 7) is 3.03. The number of methoxy groups -OCH3 is 1. The van der Waals surface area contributed by atoms with E-state index in [-0.39, 0.29) is 24.6 Å². The van der Waals surface area contributed by atoms with E-state index < -0.39 is 17.2 Å². The van der Waals surface area contributed by atoms with Crippen molar-refractivity contribution in [2.45, 2.75) is 69.9 Å². The van der Waals surface area contributed by atoms with Crippen LogP contribution < -0.4 is 15.5 Å². The molecule has 216 valence electrons. The first kappa shape index (κ1) is 29.5. The zero-order chi connectivity index (χ0) is 27.5. The number of carbonyl (C=O) groups is 1. The molecule has 1 aliphatic carbocycles. The second-order valence-electron chi connectivity index (χ2n) is 10.7. The van der Waals surface area contributed by atoms with Gasteiger partial charge in [0.25, 0.3) is 0 Å². The van der Waals surface area contributed by atoms with Crippen molar-refractivity contribution in [3.05, 3.63) is 35.9 Å². The Morgan fingerprint density at radius 2 is 1.95 bits per heavy atom. The SMILES string of the molecule is COCCCOC(c1ccccc1)C1CCCN(c2n[s+]([O-])nc2N[C@H](CNC(=O)O)CC2CCCCC2)C1. The second kappa shape index (κ2) is 15.4. The van der Waals surface area contributed by atoms with Crippen LogP contribution in [0.25, 0.3) is 0 Å². The van der Waals surface area contributed by atoms with Crippen LogP contribution in [0.3, 0.4) is 0 Å². The van der Waals surface area contributed by atoms with E-state index in [2.05, 4.69) is 36.4 Å². The number of ether oxygens (including phenoxy) is 2. The number of benzene rings is 1. The fourth-order valence-electron chi connectivity index (χ4n) is 5.99. The van der Waals surface area contributed by atoms with Gasteiger partial charge in [-0.05, 0) is 37.2 Å². The lowest BCUT2D eigenvalue weighted by Gasteiger charge is -2.37. The number of carboxylic acid groups (broad SMARTS) is 1. The zero-order valence-electron chi connectivity index (χ0n) is 22.9. The molecule has 4 rings (SSSR count). The van der Waals surface area contributed by atoms with Crippen LogP contribution >= 0.6 is 11.1 Å². The Morgan fingerprint density at radius 3 is 2.69 bits per heavy atom. The molecular formula is C28H43N5O5S. The molecule has 0 spiro atoms. The minimum absolute atomic E-state index is 0.0643. The predicted octanol–water partition coefficient (Wildman–Crippen LogP) is 5.23. The molecule has 2 aliphatic rings. The van der Waals surface area contributed by atoms with E-state index >= 15 is 0 Å². The Labute approximate surface area is 234 Å². The quantitative estimate of drug-likeness (QED) is 0.209. The van der Waals surface area contributed by atoms with E-state index in [1.807, 2.05) is 18.2 Å². The molecule has 0 bridgehead atoms. The summed E-state index contributed by atoms with van der Waals surface area (Å²) in [7, 11) is 1.70. The number of rotatable bonds is 14. The average Bonchev–Trinajstić information content (AvgIpc) is 3.32. The Morgan fingerprint density at radius 1 is 1.15 bits per heavy atom. The molecule has 1 amide bonds. The fourth-order valence-corrected chi connectivity index (χ4v) is 6.67. The Balaban J connectivity index is 1.48. The third kappa shape index (κ3) is 9.02. The molecule has 11 heteroatoms. The number of anilines is 2. The van der Waals surface area contributed by atoms with Gasteiger partial charge in [0.05, 0.1) is 6.10 Å². The van der Waals surface area contributed by atoms with Gasteiger partial charge in [0, 0.05) is 60.7 Å². The van der Waals surface area contributed by atoms with Crippen LogP contribution in [0.5, 0.6) is 0 Å². The number of amides is 1. The van der Waals surface area contributed by atoms with Gasteiger partial charge in [-0.15, -0.1) is 0 Å². The molecule has 2 aromatic rings. The first-order valence-corrected chi connectivity index (χ1v) is 15.3. The number of aromatic nitrogens is 2. The van der Waals surface area contributed by atoms with Gasteiger partial charge < -0.3 is 34.7 Å². The van der Waals surface area contributed by atoms with Gasteiger partial charge in [-0.25, -0.2) is 4.79 Å². The lowest BCUT2D eigenvalue weighted by Crippen LogP contribution is -2.40. The Hall–Kier alpha value is -2.47. The number of hydrogen-bond acceptors (Lipinski definition) is 8. The zero-order valence-corrected chi connectivity index (χ0v) is 23.7. The van der Waals surface area contributed by atoms with Crippen molar-refractivity contribution < 1.29 is 23.9 Å². The van der Waals surface area contributed by atoms with Crippen molar-refractivity contribution in [1.29, 1.82) is 0 Å². The highest BCUT2D eigenvalue weighted by atomic mass is 32.2. The summed E-state index contributed by atoms with van der Waals surface area (Å²) >= 11 is -1.70. The molecule has 1 aromatic carbocycles. The molecule has 1 saturated heterocycles. The first-order chi connectivity index (χ1) is 19.0. The van der Waals surface area contributed by atoms with Gasteiger partial charge in [-0.2, -0.15) is 0 Å². The number of hydrogen-bond donors (Lipinski definition) is 3. The molecule has 2 heterocycles. The maximum atomic E-state index is 12.5. The topological polar surface area (TPSA) is 132 Å². The summed E-state index contributed by atoms with van der Waals surface area (Å²) < 4.78 is 32.8. The maximum absolute atomic E-state index is 12.5. The highest BCUT2D eigenvalue weighted by molar-refractivity contribution is 7.14. The van der Waals surface area contributed by atoms with Crippen molar-refractivity contribution in [3.63, 3.8) is 0 Å². The van der Waals surface area contributed by atoms with Crippen molar-refractivity contribution in [1.82, 2.24) is 14.1 Å². The smallest absolute Gasteiger partial charge is 0.404 e. The van der Waals surface area contributed by atoms with Crippen LogP contribution in [-0.4, -0.2) is 70.5 Å². The minimum atomic E-state index is -1.70. The highest BCUT2D eigenvalue weighted by Gasteiger charge is 2.33. The summed E-state index contributed by atoms with van der Waals surface area (Å²) in [6, 6.07) is 10.2. The molecule has 10 nitrogen and oxygen atoms in total. The van der Waals surface area contributed by atoms with E-state index in [0.29, 0.717) is 37.3 Å². The summed E-state index contributed by atoms with van der Waals surface area (Å²) in [4.78, 5) is 13.4. The number of nitrogens with zero attached hydrogens (tertiary/aromatic N) is 3. The standard InChI is InChI=1S/C28H43N5O5S/c1-37-16-9-17-38-25(22-12-6-3-7-13-22)23-14-8-15-33(20-23)27-26(31-39(36)32-27)30-24(19-29-28(34)35)18-21-10-4-2-5-11-21/h3,6-7,12-13,21,23-25,29H,2,4-5,8-11,14-20H2,1H3,(H,30,31)(H,34,35)/t23?,24-,25?,39?/m0/s1.